The number of halogens is 3. The summed E-state index contributed by atoms with van der Waals surface area (Å²) in [4.78, 5) is 11.8. The predicted molar refractivity (Wildman–Crippen MR) is 82.4 cm³/mol. The van der Waals surface area contributed by atoms with Crippen LogP contribution >= 0.6 is 34.8 Å². The van der Waals surface area contributed by atoms with E-state index in [1.54, 1.807) is 0 Å². The minimum absolute atomic E-state index is 0.00744. The Balaban J connectivity index is 2.76. The lowest BCUT2D eigenvalue weighted by Gasteiger charge is -2.14. The van der Waals surface area contributed by atoms with E-state index < -0.39 is 21.8 Å². The van der Waals surface area contributed by atoms with E-state index in [1.807, 2.05) is 0 Å². The molecule has 0 fully saturated rings. The van der Waals surface area contributed by atoms with E-state index in [9.17, 15) is 13.2 Å². The number of carbonyl (C=O) groups is 1. The van der Waals surface area contributed by atoms with Gasteiger partial charge in [-0.3, -0.25) is 4.79 Å². The molecule has 1 unspecified atom stereocenters. The van der Waals surface area contributed by atoms with Gasteiger partial charge in [0.1, 0.15) is 9.84 Å². The normalized spacial score (nSPS) is 13.1. The molecule has 0 saturated carbocycles. The van der Waals surface area contributed by atoms with E-state index in [0.29, 0.717) is 5.02 Å². The predicted octanol–water partition coefficient (Wildman–Crippen LogP) is 2.35. The van der Waals surface area contributed by atoms with Gasteiger partial charge < -0.3 is 11.1 Å². The van der Waals surface area contributed by atoms with Crippen LogP contribution in [0.1, 0.15) is 6.42 Å². The van der Waals surface area contributed by atoms with Crippen molar-refractivity contribution >= 4 is 56.2 Å². The molecule has 0 aromatic heterocycles. The van der Waals surface area contributed by atoms with Gasteiger partial charge >= 0.3 is 0 Å². The fourth-order valence-electron chi connectivity index (χ4n) is 1.35. The van der Waals surface area contributed by atoms with Crippen LogP contribution in [0.4, 0.5) is 5.69 Å². The maximum Gasteiger partial charge on any atom is 0.241 e. The summed E-state index contributed by atoms with van der Waals surface area (Å²) in [6.45, 7) is 0. The number of nitrogens with one attached hydrogen (secondary N) is 1. The Labute approximate surface area is 132 Å². The molecule has 0 spiro atoms. The highest BCUT2D eigenvalue weighted by molar-refractivity contribution is 7.90. The molecular weight excluding hydrogens is 347 g/mol. The molecule has 0 radical (unpaired) electrons. The maximum absolute atomic E-state index is 11.8. The maximum atomic E-state index is 11.8. The van der Waals surface area contributed by atoms with Gasteiger partial charge in [-0.25, -0.2) is 8.42 Å². The molecule has 0 heterocycles. The number of amides is 1. The fourth-order valence-corrected chi connectivity index (χ4v) is 2.94. The Morgan fingerprint density at radius 1 is 1.30 bits per heavy atom. The zero-order valence-electron chi connectivity index (χ0n) is 10.5. The number of carbonyl (C=O) groups excluding carboxylic acids is 1. The number of rotatable bonds is 5. The highest BCUT2D eigenvalue weighted by atomic mass is 35.5. The Morgan fingerprint density at radius 3 is 2.25 bits per heavy atom. The lowest BCUT2D eigenvalue weighted by atomic mass is 10.2. The largest absolute Gasteiger partial charge is 0.322 e. The second kappa shape index (κ2) is 6.95. The summed E-state index contributed by atoms with van der Waals surface area (Å²) in [6.07, 6.45) is 1.08. The third kappa shape index (κ3) is 5.46. The summed E-state index contributed by atoms with van der Waals surface area (Å²) in [7, 11) is -3.18. The smallest absolute Gasteiger partial charge is 0.241 e. The molecule has 1 rings (SSSR count). The number of benzene rings is 1. The standard InChI is InChI=1S/C11H13Cl3N2O3S/c1-20(18,19)3-2-9(15)11(17)16-10-7(13)4-6(12)5-8(10)14/h4-5,9H,2-3,15H2,1H3,(H,16,17). The molecule has 1 amide bonds. The Hall–Kier alpha value is -0.530. The molecule has 5 nitrogen and oxygen atoms in total. The first-order valence-corrected chi connectivity index (χ1v) is 8.68. The van der Waals surface area contributed by atoms with Crippen LogP contribution in [0.3, 0.4) is 0 Å². The van der Waals surface area contributed by atoms with Crippen LogP contribution in [0.2, 0.25) is 15.1 Å². The van der Waals surface area contributed by atoms with Crippen molar-refractivity contribution < 1.29 is 13.2 Å². The first-order chi connectivity index (χ1) is 9.10. The van der Waals surface area contributed by atoms with Gasteiger partial charge in [-0.1, -0.05) is 34.8 Å². The number of hydrogen-bond donors (Lipinski definition) is 2. The van der Waals surface area contributed by atoms with Crippen molar-refractivity contribution in [2.24, 2.45) is 5.73 Å². The lowest BCUT2D eigenvalue weighted by molar-refractivity contribution is -0.117. The number of nitrogens with two attached hydrogens (primary N) is 1. The van der Waals surface area contributed by atoms with Crippen molar-refractivity contribution in [1.82, 2.24) is 0 Å². The van der Waals surface area contributed by atoms with Crippen molar-refractivity contribution in [3.8, 4) is 0 Å². The summed E-state index contributed by atoms with van der Waals surface area (Å²) in [5.74, 6) is -0.747. The van der Waals surface area contributed by atoms with E-state index in [-0.39, 0.29) is 27.9 Å². The van der Waals surface area contributed by atoms with Gasteiger partial charge in [0.05, 0.1) is 27.5 Å². The highest BCUT2D eigenvalue weighted by Crippen LogP contribution is 2.33. The summed E-state index contributed by atoms with van der Waals surface area (Å²) < 4.78 is 22.0. The second-order valence-corrected chi connectivity index (χ2v) is 7.77. The summed E-state index contributed by atoms with van der Waals surface area (Å²) in [6, 6.07) is 1.87. The van der Waals surface area contributed by atoms with Gasteiger partial charge in [0.15, 0.2) is 0 Å². The Kier molecular flexibility index (Phi) is 6.09. The molecule has 0 aliphatic rings. The summed E-state index contributed by atoms with van der Waals surface area (Å²) >= 11 is 17.6. The molecule has 20 heavy (non-hydrogen) atoms. The van der Waals surface area contributed by atoms with Crippen LogP contribution in [0.5, 0.6) is 0 Å². The van der Waals surface area contributed by atoms with Gasteiger partial charge in [0.25, 0.3) is 0 Å². The molecule has 9 heteroatoms. The first kappa shape index (κ1) is 17.5. The van der Waals surface area contributed by atoms with Crippen molar-refractivity contribution in [2.75, 3.05) is 17.3 Å². The summed E-state index contributed by atoms with van der Waals surface area (Å²) in [5, 5.41) is 3.14. The zero-order chi connectivity index (χ0) is 15.5. The van der Waals surface area contributed by atoms with Crippen molar-refractivity contribution in [2.45, 2.75) is 12.5 Å². The molecule has 0 aliphatic carbocycles. The van der Waals surface area contributed by atoms with E-state index in [4.69, 9.17) is 40.5 Å². The monoisotopic (exact) mass is 358 g/mol. The van der Waals surface area contributed by atoms with Crippen molar-refractivity contribution in [3.63, 3.8) is 0 Å². The average molecular weight is 360 g/mol. The van der Waals surface area contributed by atoms with E-state index in [2.05, 4.69) is 5.32 Å². The van der Waals surface area contributed by atoms with Gasteiger partial charge in [0, 0.05) is 11.3 Å². The number of anilines is 1. The van der Waals surface area contributed by atoms with E-state index >= 15 is 0 Å². The highest BCUT2D eigenvalue weighted by Gasteiger charge is 2.18. The first-order valence-electron chi connectivity index (χ1n) is 5.49. The Bertz CT molecular complexity index is 596. The summed E-state index contributed by atoms with van der Waals surface area (Å²) in [5.41, 5.74) is 5.81. The lowest BCUT2D eigenvalue weighted by Crippen LogP contribution is -2.37. The van der Waals surface area contributed by atoms with Gasteiger partial charge in [-0.15, -0.1) is 0 Å². The molecule has 1 aromatic carbocycles. The van der Waals surface area contributed by atoms with E-state index in [1.165, 1.54) is 12.1 Å². The van der Waals surface area contributed by atoms with Crippen molar-refractivity contribution in [3.05, 3.63) is 27.2 Å². The average Bonchev–Trinajstić information content (AvgIpc) is 2.29. The van der Waals surface area contributed by atoms with Crippen LogP contribution in [0, 0.1) is 0 Å². The molecule has 1 aromatic rings. The Morgan fingerprint density at radius 2 is 1.80 bits per heavy atom. The van der Waals surface area contributed by atoms with Crippen LogP contribution in [-0.4, -0.2) is 32.4 Å². The second-order valence-electron chi connectivity index (χ2n) is 4.26. The van der Waals surface area contributed by atoms with Gasteiger partial charge in [-0.05, 0) is 18.6 Å². The molecule has 0 aliphatic heterocycles. The molecule has 112 valence electrons. The molecular formula is C11H13Cl3N2O3S. The van der Waals surface area contributed by atoms with Gasteiger partial charge in [-0.2, -0.15) is 0 Å². The topological polar surface area (TPSA) is 89.3 Å². The minimum Gasteiger partial charge on any atom is -0.322 e. The SMILES string of the molecule is CS(=O)(=O)CCC(N)C(=O)Nc1c(Cl)cc(Cl)cc1Cl. The van der Waals surface area contributed by atoms with Crippen LogP contribution in [0.15, 0.2) is 12.1 Å². The third-order valence-corrected chi connectivity index (χ3v) is 4.18. The van der Waals surface area contributed by atoms with Crippen LogP contribution in [-0.2, 0) is 14.6 Å². The van der Waals surface area contributed by atoms with Gasteiger partial charge in [0.2, 0.25) is 5.91 Å². The van der Waals surface area contributed by atoms with Crippen LogP contribution < -0.4 is 11.1 Å². The molecule has 0 saturated heterocycles. The molecule has 1 atom stereocenters. The quantitative estimate of drug-likeness (QED) is 0.844. The van der Waals surface area contributed by atoms with E-state index in [0.717, 1.165) is 6.26 Å². The number of sulfone groups is 1. The van der Waals surface area contributed by atoms with Crippen molar-refractivity contribution in [1.29, 1.82) is 0 Å². The number of hydrogen-bond acceptors (Lipinski definition) is 4. The fraction of sp³-hybridized carbons (Fsp3) is 0.364. The minimum atomic E-state index is -3.18. The zero-order valence-corrected chi connectivity index (χ0v) is 13.6. The molecule has 0 bridgehead atoms. The van der Waals surface area contributed by atoms with Crippen LogP contribution in [0.25, 0.3) is 0 Å². The third-order valence-electron chi connectivity index (χ3n) is 2.39. The molecule has 3 N–H and O–H groups in total.